The van der Waals surface area contributed by atoms with Crippen LogP contribution >= 0.6 is 0 Å². The van der Waals surface area contributed by atoms with Gasteiger partial charge < -0.3 is 15.0 Å². The van der Waals surface area contributed by atoms with Crippen LogP contribution in [0.5, 0.6) is 0 Å². The van der Waals surface area contributed by atoms with Gasteiger partial charge in [0.25, 0.3) is 0 Å². The van der Waals surface area contributed by atoms with Crippen molar-refractivity contribution in [2.45, 2.75) is 52.7 Å². The second-order valence-electron chi connectivity index (χ2n) is 5.83. The van der Waals surface area contributed by atoms with Gasteiger partial charge in [0.15, 0.2) is 0 Å². The second kappa shape index (κ2) is 5.93. The van der Waals surface area contributed by atoms with Gasteiger partial charge in [0.05, 0.1) is 11.2 Å². The van der Waals surface area contributed by atoms with E-state index in [9.17, 15) is 0 Å². The van der Waals surface area contributed by atoms with Crippen molar-refractivity contribution >= 4 is 19.0 Å². The third-order valence-corrected chi connectivity index (χ3v) is 4.01. The molecule has 2 N–H and O–H groups in total. The largest absolute Gasteiger partial charge is 0.495 e. The number of rotatable bonds is 1. The van der Waals surface area contributed by atoms with Crippen LogP contribution < -0.4 is 11.2 Å². The lowest BCUT2D eigenvalue weighted by Gasteiger charge is -2.32. The van der Waals surface area contributed by atoms with Crippen molar-refractivity contribution in [3.63, 3.8) is 0 Å². The van der Waals surface area contributed by atoms with Crippen LogP contribution in [0.3, 0.4) is 0 Å². The van der Waals surface area contributed by atoms with Gasteiger partial charge >= 0.3 is 7.12 Å². The fraction of sp³-hybridized carbons (Fsp3) is 0.571. The van der Waals surface area contributed by atoms with Gasteiger partial charge in [-0.1, -0.05) is 0 Å². The Bertz CT molecular complexity index is 473. The van der Waals surface area contributed by atoms with Crippen molar-refractivity contribution in [1.29, 1.82) is 0 Å². The molecular formula is C14H23BN2O3. The van der Waals surface area contributed by atoms with Crippen molar-refractivity contribution in [3.8, 4) is 0 Å². The van der Waals surface area contributed by atoms with Gasteiger partial charge in [0.1, 0.15) is 0 Å². The molecular weight excluding hydrogens is 255 g/mol. The highest BCUT2D eigenvalue weighted by atomic mass is 16.7. The van der Waals surface area contributed by atoms with Crippen molar-refractivity contribution in [2.75, 3.05) is 0 Å². The molecule has 2 heterocycles. The zero-order valence-electron chi connectivity index (χ0n) is 13.1. The maximum Gasteiger partial charge on any atom is 0.495 e. The summed E-state index contributed by atoms with van der Waals surface area (Å²) in [6.45, 7) is 12.3. The fourth-order valence-corrected chi connectivity index (χ4v) is 1.89. The van der Waals surface area contributed by atoms with Crippen LogP contribution in [0.15, 0.2) is 12.3 Å². The van der Waals surface area contributed by atoms with Crippen LogP contribution in [0.25, 0.3) is 0 Å². The highest BCUT2D eigenvalue weighted by Gasteiger charge is 2.52. The molecule has 20 heavy (non-hydrogen) atoms. The third kappa shape index (κ3) is 3.19. The predicted octanol–water partition coefficient (Wildman–Crippen LogP) is 1.10. The molecule has 1 aliphatic rings. The smallest absolute Gasteiger partial charge is 0.399 e. The van der Waals surface area contributed by atoms with E-state index in [4.69, 9.17) is 14.1 Å². The molecule has 5 nitrogen and oxygen atoms in total. The molecule has 1 aliphatic heterocycles. The molecule has 110 valence electrons. The maximum absolute atomic E-state index is 8.58. The molecule has 1 aromatic rings. The van der Waals surface area contributed by atoms with Crippen molar-refractivity contribution < 1.29 is 14.1 Å². The minimum absolute atomic E-state index is 0.250. The average Bonchev–Trinajstić information content (AvgIpc) is 2.53. The van der Waals surface area contributed by atoms with E-state index in [0.29, 0.717) is 0 Å². The highest BCUT2D eigenvalue weighted by Crippen LogP contribution is 2.36. The second-order valence-corrected chi connectivity index (χ2v) is 5.83. The summed E-state index contributed by atoms with van der Waals surface area (Å²) >= 11 is 0. The molecule has 0 aromatic carbocycles. The van der Waals surface area contributed by atoms with E-state index in [1.54, 1.807) is 0 Å². The minimum Gasteiger partial charge on any atom is -0.399 e. The van der Waals surface area contributed by atoms with E-state index < -0.39 is 0 Å². The number of nitrogens with two attached hydrogens (primary N) is 1. The quantitative estimate of drug-likeness (QED) is 0.616. The molecule has 0 saturated carbocycles. The van der Waals surface area contributed by atoms with Gasteiger partial charge in [-0.15, -0.1) is 0 Å². The number of carbonyl (C=O) groups excluding carboxylic acids is 1. The number of aryl methyl sites for hydroxylation is 1. The van der Waals surface area contributed by atoms with Crippen molar-refractivity contribution in [1.82, 2.24) is 4.98 Å². The number of pyridine rings is 1. The van der Waals surface area contributed by atoms with E-state index in [0.717, 1.165) is 16.7 Å². The Labute approximate surface area is 121 Å². The first-order chi connectivity index (χ1) is 9.16. The molecule has 0 radical (unpaired) electrons. The lowest BCUT2D eigenvalue weighted by molar-refractivity contribution is -0.106. The summed E-state index contributed by atoms with van der Waals surface area (Å²) in [5.74, 6) is 0. The summed E-state index contributed by atoms with van der Waals surface area (Å²) < 4.78 is 12.1. The van der Waals surface area contributed by atoms with E-state index >= 15 is 0 Å². The lowest BCUT2D eigenvalue weighted by Crippen LogP contribution is -2.41. The van der Waals surface area contributed by atoms with Gasteiger partial charge in [-0.25, -0.2) is 0 Å². The lowest BCUT2D eigenvalue weighted by atomic mass is 9.76. The number of amides is 1. The SMILES string of the molecule is Cc1nccc(B2OC(C)(C)C(C)(C)O2)c1C.NC=O. The number of aromatic nitrogens is 1. The van der Waals surface area contributed by atoms with Crippen molar-refractivity contribution in [2.24, 2.45) is 5.73 Å². The molecule has 0 spiro atoms. The van der Waals surface area contributed by atoms with Crippen LogP contribution in [-0.2, 0) is 14.1 Å². The topological polar surface area (TPSA) is 74.4 Å². The molecule has 0 atom stereocenters. The third-order valence-electron chi connectivity index (χ3n) is 4.01. The molecule has 0 bridgehead atoms. The summed E-state index contributed by atoms with van der Waals surface area (Å²) in [4.78, 5) is 12.9. The first-order valence-electron chi connectivity index (χ1n) is 6.59. The Morgan fingerprint density at radius 1 is 1.20 bits per heavy atom. The number of primary amides is 1. The molecule has 0 unspecified atom stereocenters. The van der Waals surface area contributed by atoms with Gasteiger partial charge in [0, 0.05) is 11.9 Å². The summed E-state index contributed by atoms with van der Waals surface area (Å²) in [6, 6.07) is 1.98. The Morgan fingerprint density at radius 2 is 1.65 bits per heavy atom. The Balaban J connectivity index is 0.000000612. The Kier molecular flexibility index (Phi) is 4.94. The summed E-state index contributed by atoms with van der Waals surface area (Å²) in [7, 11) is -0.290. The van der Waals surface area contributed by atoms with E-state index in [2.05, 4.69) is 45.3 Å². The zero-order valence-corrected chi connectivity index (χ0v) is 13.1. The van der Waals surface area contributed by atoms with Crippen molar-refractivity contribution in [3.05, 3.63) is 23.5 Å². The molecule has 1 fully saturated rings. The van der Waals surface area contributed by atoms with E-state index in [1.807, 2.05) is 19.2 Å². The van der Waals surface area contributed by atoms with Crippen LogP contribution in [0.4, 0.5) is 0 Å². The Morgan fingerprint density at radius 3 is 2.10 bits per heavy atom. The van der Waals surface area contributed by atoms with Gasteiger partial charge in [0.2, 0.25) is 6.41 Å². The summed E-state index contributed by atoms with van der Waals surface area (Å²) in [6.07, 6.45) is 2.06. The van der Waals surface area contributed by atoms with Crippen LogP contribution in [-0.4, -0.2) is 29.7 Å². The van der Waals surface area contributed by atoms with E-state index in [1.165, 1.54) is 0 Å². The first-order valence-corrected chi connectivity index (χ1v) is 6.59. The van der Waals surface area contributed by atoms with E-state index in [-0.39, 0.29) is 24.7 Å². The minimum atomic E-state index is -0.290. The summed E-state index contributed by atoms with van der Waals surface area (Å²) in [5, 5.41) is 0. The fourth-order valence-electron chi connectivity index (χ4n) is 1.89. The number of hydrogen-bond acceptors (Lipinski definition) is 4. The normalized spacial score (nSPS) is 19.2. The Hall–Kier alpha value is -1.40. The molecule has 2 rings (SSSR count). The molecule has 6 heteroatoms. The van der Waals surface area contributed by atoms with Gasteiger partial charge in [-0.2, -0.15) is 0 Å². The predicted molar refractivity (Wildman–Crippen MR) is 79.7 cm³/mol. The van der Waals surface area contributed by atoms with Crippen LogP contribution in [0, 0.1) is 13.8 Å². The maximum atomic E-state index is 8.58. The van der Waals surface area contributed by atoms with Crippen LogP contribution in [0.2, 0.25) is 0 Å². The standard InChI is InChI=1S/C13H20BNO2.CH3NO/c1-9-10(2)15-8-7-11(9)14-16-12(3,4)13(5,6)17-14;2-1-3/h7-8H,1-6H3;1H,(H2,2,3). The number of hydrogen-bond donors (Lipinski definition) is 1. The van der Waals surface area contributed by atoms with Gasteiger partial charge in [-0.05, 0) is 58.6 Å². The zero-order chi connectivity index (χ0) is 15.6. The average molecular weight is 278 g/mol. The summed E-state index contributed by atoms with van der Waals surface area (Å²) in [5.41, 5.74) is 6.84. The first kappa shape index (κ1) is 16.7. The highest BCUT2D eigenvalue weighted by molar-refractivity contribution is 6.62. The number of nitrogens with zero attached hydrogens (tertiary/aromatic N) is 1. The number of carbonyl (C=O) groups is 1. The van der Waals surface area contributed by atoms with Crippen LogP contribution in [0.1, 0.15) is 39.0 Å². The molecule has 1 aromatic heterocycles. The monoisotopic (exact) mass is 278 g/mol. The molecule has 1 saturated heterocycles. The molecule has 0 aliphatic carbocycles. The van der Waals surface area contributed by atoms with Gasteiger partial charge in [-0.3, -0.25) is 9.78 Å². The molecule has 1 amide bonds.